The SMILES string of the molecule is CCCC(=O)NOC(=O)CN. The van der Waals surface area contributed by atoms with Crippen molar-refractivity contribution in [1.82, 2.24) is 5.48 Å². The van der Waals surface area contributed by atoms with Gasteiger partial charge in [0.25, 0.3) is 5.91 Å². The molecule has 0 aliphatic rings. The number of carbonyl (C=O) groups excluding carboxylic acids is 2. The minimum atomic E-state index is -0.644. The number of hydroxylamine groups is 1. The number of carbonyl (C=O) groups is 2. The summed E-state index contributed by atoms with van der Waals surface area (Å²) in [5, 5.41) is 0. The number of nitrogens with one attached hydrogen (secondary N) is 1. The second-order valence-corrected chi connectivity index (χ2v) is 1.95. The molecule has 0 heterocycles. The fourth-order valence-electron chi connectivity index (χ4n) is 0.434. The Kier molecular flexibility index (Phi) is 5.10. The molecule has 0 aliphatic carbocycles. The predicted molar refractivity (Wildman–Crippen MR) is 38.2 cm³/mol. The van der Waals surface area contributed by atoms with Gasteiger partial charge in [0.2, 0.25) is 0 Å². The maximum Gasteiger partial charge on any atom is 0.345 e. The molecule has 0 saturated carbocycles. The molecule has 0 fully saturated rings. The Morgan fingerprint density at radius 2 is 2.18 bits per heavy atom. The fraction of sp³-hybridized carbons (Fsp3) is 0.667. The minimum absolute atomic E-state index is 0.230. The van der Waals surface area contributed by atoms with Crippen molar-refractivity contribution in [3.05, 3.63) is 0 Å². The molecule has 0 radical (unpaired) electrons. The monoisotopic (exact) mass is 160 g/mol. The summed E-state index contributed by atoms with van der Waals surface area (Å²) < 4.78 is 0. The lowest BCUT2D eigenvalue weighted by atomic mass is 10.3. The Morgan fingerprint density at radius 1 is 1.55 bits per heavy atom. The quantitative estimate of drug-likeness (QED) is 0.536. The molecule has 0 rings (SSSR count). The highest BCUT2D eigenvalue weighted by Crippen LogP contribution is 1.84. The third-order valence-corrected chi connectivity index (χ3v) is 0.922. The van der Waals surface area contributed by atoms with Crippen LogP contribution >= 0.6 is 0 Å². The van der Waals surface area contributed by atoms with Gasteiger partial charge in [-0.05, 0) is 6.42 Å². The van der Waals surface area contributed by atoms with Crippen LogP contribution in [0.5, 0.6) is 0 Å². The van der Waals surface area contributed by atoms with Crippen LogP contribution < -0.4 is 11.2 Å². The van der Waals surface area contributed by atoms with Crippen molar-refractivity contribution in [3.63, 3.8) is 0 Å². The van der Waals surface area contributed by atoms with Gasteiger partial charge in [0.05, 0.1) is 6.54 Å². The summed E-state index contributed by atoms with van der Waals surface area (Å²) in [7, 11) is 0. The Labute approximate surface area is 64.8 Å². The molecule has 11 heavy (non-hydrogen) atoms. The zero-order valence-electron chi connectivity index (χ0n) is 6.42. The van der Waals surface area contributed by atoms with Gasteiger partial charge in [-0.15, -0.1) is 0 Å². The summed E-state index contributed by atoms with van der Waals surface area (Å²) in [5.41, 5.74) is 6.87. The minimum Gasteiger partial charge on any atom is -0.339 e. The Morgan fingerprint density at radius 3 is 2.64 bits per heavy atom. The molecule has 5 nitrogen and oxygen atoms in total. The highest BCUT2D eigenvalue weighted by Gasteiger charge is 2.02. The van der Waals surface area contributed by atoms with Crippen LogP contribution in [0.25, 0.3) is 0 Å². The highest BCUT2D eigenvalue weighted by molar-refractivity contribution is 5.78. The lowest BCUT2D eigenvalue weighted by Crippen LogP contribution is -2.30. The van der Waals surface area contributed by atoms with E-state index < -0.39 is 5.97 Å². The van der Waals surface area contributed by atoms with E-state index in [2.05, 4.69) is 4.84 Å². The van der Waals surface area contributed by atoms with Crippen LogP contribution in [0.1, 0.15) is 19.8 Å². The molecule has 0 aromatic carbocycles. The summed E-state index contributed by atoms with van der Waals surface area (Å²) in [6, 6.07) is 0. The van der Waals surface area contributed by atoms with E-state index in [4.69, 9.17) is 5.73 Å². The molecule has 3 N–H and O–H groups in total. The van der Waals surface area contributed by atoms with Crippen LogP contribution in [0.2, 0.25) is 0 Å². The van der Waals surface area contributed by atoms with Gasteiger partial charge in [0.15, 0.2) is 0 Å². The van der Waals surface area contributed by atoms with Crippen LogP contribution in [0, 0.1) is 0 Å². The molecule has 0 aliphatic heterocycles. The number of rotatable bonds is 3. The van der Waals surface area contributed by atoms with E-state index in [0.717, 1.165) is 0 Å². The standard InChI is InChI=1S/C6H12N2O3/c1-2-3-5(9)8-11-6(10)4-7/h2-4,7H2,1H3,(H,8,9). The van der Waals surface area contributed by atoms with E-state index in [0.29, 0.717) is 12.8 Å². The Hall–Kier alpha value is -1.10. The highest BCUT2D eigenvalue weighted by atomic mass is 16.7. The van der Waals surface area contributed by atoms with Gasteiger partial charge in [0, 0.05) is 6.42 Å². The third-order valence-electron chi connectivity index (χ3n) is 0.922. The zero-order chi connectivity index (χ0) is 8.69. The first-order valence-corrected chi connectivity index (χ1v) is 3.39. The number of nitrogens with two attached hydrogens (primary N) is 1. The Bertz CT molecular complexity index is 147. The fourth-order valence-corrected chi connectivity index (χ4v) is 0.434. The average Bonchev–Trinajstić information content (AvgIpc) is 2.01. The van der Waals surface area contributed by atoms with E-state index >= 15 is 0 Å². The van der Waals surface area contributed by atoms with E-state index in [1.165, 1.54) is 0 Å². The second-order valence-electron chi connectivity index (χ2n) is 1.95. The van der Waals surface area contributed by atoms with E-state index in [-0.39, 0.29) is 12.5 Å². The molecule has 1 amide bonds. The first-order valence-electron chi connectivity index (χ1n) is 3.39. The summed E-state index contributed by atoms with van der Waals surface area (Å²) in [6.45, 7) is 1.62. The third kappa shape index (κ3) is 5.35. The molecule has 0 saturated heterocycles. The summed E-state index contributed by atoms with van der Waals surface area (Å²) in [6.07, 6.45) is 1.06. The van der Waals surface area contributed by atoms with Crippen molar-refractivity contribution in [1.29, 1.82) is 0 Å². The lowest BCUT2D eigenvalue weighted by Gasteiger charge is -2.01. The summed E-state index contributed by atoms with van der Waals surface area (Å²) >= 11 is 0. The smallest absolute Gasteiger partial charge is 0.339 e. The zero-order valence-corrected chi connectivity index (χ0v) is 6.42. The molecule has 0 aromatic heterocycles. The first-order chi connectivity index (χ1) is 5.20. The molecule has 0 spiro atoms. The van der Waals surface area contributed by atoms with Crippen molar-refractivity contribution in [2.75, 3.05) is 6.54 Å². The van der Waals surface area contributed by atoms with Gasteiger partial charge in [-0.25, -0.2) is 4.79 Å². The lowest BCUT2D eigenvalue weighted by molar-refractivity contribution is -0.156. The van der Waals surface area contributed by atoms with E-state index in [1.54, 1.807) is 0 Å². The van der Waals surface area contributed by atoms with Crippen LogP contribution in [-0.2, 0) is 14.4 Å². The van der Waals surface area contributed by atoms with Gasteiger partial charge < -0.3 is 10.6 Å². The first kappa shape index (κ1) is 9.90. The molecule has 0 bridgehead atoms. The van der Waals surface area contributed by atoms with Crippen molar-refractivity contribution in [2.45, 2.75) is 19.8 Å². The normalized spacial score (nSPS) is 8.91. The van der Waals surface area contributed by atoms with Gasteiger partial charge in [-0.1, -0.05) is 6.92 Å². The molecule has 0 unspecified atom stereocenters. The molecule has 5 heteroatoms. The summed E-state index contributed by atoms with van der Waals surface area (Å²) in [4.78, 5) is 25.2. The summed E-state index contributed by atoms with van der Waals surface area (Å²) in [5.74, 6) is -0.955. The van der Waals surface area contributed by atoms with Crippen LogP contribution in [-0.4, -0.2) is 18.4 Å². The maximum absolute atomic E-state index is 10.6. The van der Waals surface area contributed by atoms with E-state index in [9.17, 15) is 9.59 Å². The molecule has 64 valence electrons. The number of hydrogen-bond donors (Lipinski definition) is 2. The van der Waals surface area contributed by atoms with Crippen molar-refractivity contribution < 1.29 is 14.4 Å². The van der Waals surface area contributed by atoms with Crippen LogP contribution in [0.15, 0.2) is 0 Å². The van der Waals surface area contributed by atoms with E-state index in [1.807, 2.05) is 12.4 Å². The Balaban J connectivity index is 3.38. The topological polar surface area (TPSA) is 81.4 Å². The average molecular weight is 160 g/mol. The van der Waals surface area contributed by atoms with Crippen LogP contribution in [0.3, 0.4) is 0 Å². The molecule has 0 aromatic rings. The predicted octanol–water partition coefficient (Wildman–Crippen LogP) is -0.680. The molecular formula is C6H12N2O3. The molecular weight excluding hydrogens is 148 g/mol. The van der Waals surface area contributed by atoms with Gasteiger partial charge in [-0.2, -0.15) is 5.48 Å². The maximum atomic E-state index is 10.6. The van der Waals surface area contributed by atoms with Crippen LogP contribution in [0.4, 0.5) is 0 Å². The van der Waals surface area contributed by atoms with Crippen molar-refractivity contribution >= 4 is 11.9 Å². The number of hydrogen-bond acceptors (Lipinski definition) is 4. The van der Waals surface area contributed by atoms with Gasteiger partial charge >= 0.3 is 5.97 Å². The van der Waals surface area contributed by atoms with Gasteiger partial charge in [-0.3, -0.25) is 4.79 Å². The van der Waals surface area contributed by atoms with Crippen molar-refractivity contribution in [3.8, 4) is 0 Å². The van der Waals surface area contributed by atoms with Crippen molar-refractivity contribution in [2.24, 2.45) is 5.73 Å². The second kappa shape index (κ2) is 5.67. The number of amides is 1. The van der Waals surface area contributed by atoms with Gasteiger partial charge in [0.1, 0.15) is 0 Å². The largest absolute Gasteiger partial charge is 0.345 e. The molecule has 0 atom stereocenters.